The molecule has 0 amide bonds. The van der Waals surface area contributed by atoms with E-state index in [1.807, 2.05) is 0 Å². The number of hydrogen-bond donors (Lipinski definition) is 0. The van der Waals surface area contributed by atoms with E-state index in [2.05, 4.69) is 6.92 Å². The lowest BCUT2D eigenvalue weighted by Crippen LogP contribution is -2.26. The van der Waals surface area contributed by atoms with Gasteiger partial charge in [-0.1, -0.05) is 13.3 Å². The fourth-order valence-corrected chi connectivity index (χ4v) is 2.25. The number of hydrogen-bond acceptors (Lipinski definition) is 3. The molecule has 0 heterocycles. The third-order valence-corrected chi connectivity index (χ3v) is 3.37. The summed E-state index contributed by atoms with van der Waals surface area (Å²) < 4.78 is 0. The normalized spacial score (nSPS) is 25.6. The van der Waals surface area contributed by atoms with Crippen LogP contribution in [0.2, 0.25) is 0 Å². The van der Waals surface area contributed by atoms with E-state index >= 15 is 0 Å². The summed E-state index contributed by atoms with van der Waals surface area (Å²) in [4.78, 5) is 11.7. The molecule has 0 atom stereocenters. The molecule has 0 spiro atoms. The molecule has 0 N–H and O–H groups in total. The van der Waals surface area contributed by atoms with Crippen molar-refractivity contribution in [1.82, 2.24) is 0 Å². The minimum absolute atomic E-state index is 0.0444. The Labute approximate surface area is 90.7 Å². The average molecular weight is 204 g/mol. The van der Waals surface area contributed by atoms with Crippen LogP contribution < -0.4 is 0 Å². The quantitative estimate of drug-likeness (QED) is 0.709. The van der Waals surface area contributed by atoms with Gasteiger partial charge in [-0.25, -0.2) is 0 Å². The van der Waals surface area contributed by atoms with Crippen molar-refractivity contribution < 1.29 is 4.79 Å². The molecule has 1 aliphatic rings. The van der Waals surface area contributed by atoms with Gasteiger partial charge in [-0.05, 0) is 31.6 Å². The molecule has 0 radical (unpaired) electrons. The molecule has 0 saturated heterocycles. The lowest BCUT2D eigenvalue weighted by molar-refractivity contribution is -0.125. The van der Waals surface area contributed by atoms with E-state index in [1.165, 1.54) is 6.42 Å². The Morgan fingerprint density at radius 3 is 2.20 bits per heavy atom. The van der Waals surface area contributed by atoms with E-state index < -0.39 is 5.92 Å². The highest BCUT2D eigenvalue weighted by molar-refractivity contribution is 5.87. The van der Waals surface area contributed by atoms with Crippen molar-refractivity contribution in [2.45, 2.75) is 39.0 Å². The van der Waals surface area contributed by atoms with Crippen LogP contribution in [0.25, 0.3) is 0 Å². The van der Waals surface area contributed by atoms with Crippen molar-refractivity contribution >= 4 is 5.78 Å². The Kier molecular flexibility index (Phi) is 4.31. The molecule has 0 aromatic rings. The van der Waals surface area contributed by atoms with Gasteiger partial charge >= 0.3 is 0 Å². The highest BCUT2D eigenvalue weighted by Gasteiger charge is 2.30. The Hall–Kier alpha value is -1.35. The van der Waals surface area contributed by atoms with Crippen molar-refractivity contribution in [2.75, 3.05) is 0 Å². The Bertz CT molecular complexity index is 289. The maximum atomic E-state index is 11.7. The molecule has 1 rings (SSSR count). The zero-order chi connectivity index (χ0) is 11.3. The molecule has 0 aromatic carbocycles. The second-order valence-electron chi connectivity index (χ2n) is 4.22. The van der Waals surface area contributed by atoms with E-state index in [-0.39, 0.29) is 11.7 Å². The van der Waals surface area contributed by atoms with E-state index in [1.54, 1.807) is 12.1 Å². The number of nitriles is 2. The minimum atomic E-state index is -1.05. The molecular formula is C12H16N2O. The summed E-state index contributed by atoms with van der Waals surface area (Å²) in [5.74, 6) is -0.517. The Balaban J connectivity index is 2.51. The SMILES string of the molecule is CCC1CCC(C(=O)C(C#N)C#N)CC1. The molecule has 3 nitrogen and oxygen atoms in total. The first-order valence-corrected chi connectivity index (χ1v) is 5.55. The van der Waals surface area contributed by atoms with E-state index in [9.17, 15) is 4.79 Å². The predicted molar refractivity (Wildman–Crippen MR) is 55.5 cm³/mol. The van der Waals surface area contributed by atoms with Crippen LogP contribution in [0.15, 0.2) is 0 Å². The summed E-state index contributed by atoms with van der Waals surface area (Å²) >= 11 is 0. The summed E-state index contributed by atoms with van der Waals surface area (Å²) in [5.41, 5.74) is 0. The number of rotatable bonds is 3. The predicted octanol–water partition coefficient (Wildman–Crippen LogP) is 2.44. The molecule has 3 heteroatoms. The van der Waals surface area contributed by atoms with Gasteiger partial charge in [0.15, 0.2) is 11.7 Å². The van der Waals surface area contributed by atoms with E-state index in [4.69, 9.17) is 10.5 Å². The molecule has 1 fully saturated rings. The Morgan fingerprint density at radius 2 is 1.80 bits per heavy atom. The molecule has 0 aliphatic heterocycles. The van der Waals surface area contributed by atoms with Crippen molar-refractivity contribution in [3.8, 4) is 12.1 Å². The molecule has 80 valence electrons. The van der Waals surface area contributed by atoms with Crippen LogP contribution in [0.4, 0.5) is 0 Å². The highest BCUT2D eigenvalue weighted by atomic mass is 16.1. The van der Waals surface area contributed by atoms with E-state index in [0.29, 0.717) is 0 Å². The standard InChI is InChI=1S/C12H16N2O/c1-2-9-3-5-10(6-4-9)12(15)11(7-13)8-14/h9-11H,2-6H2,1H3. The van der Waals surface area contributed by atoms with Crippen molar-refractivity contribution in [2.24, 2.45) is 17.8 Å². The maximum Gasteiger partial charge on any atom is 0.191 e. The van der Waals surface area contributed by atoms with Crippen molar-refractivity contribution in [3.05, 3.63) is 0 Å². The van der Waals surface area contributed by atoms with Crippen LogP contribution in [-0.2, 0) is 4.79 Å². The first kappa shape index (κ1) is 11.7. The summed E-state index contributed by atoms with van der Waals surface area (Å²) in [7, 11) is 0. The fourth-order valence-electron chi connectivity index (χ4n) is 2.25. The van der Waals surface area contributed by atoms with Crippen LogP contribution in [0.3, 0.4) is 0 Å². The van der Waals surface area contributed by atoms with Gasteiger partial charge in [0.2, 0.25) is 0 Å². The smallest absolute Gasteiger partial charge is 0.191 e. The van der Waals surface area contributed by atoms with Gasteiger partial charge < -0.3 is 0 Å². The summed E-state index contributed by atoms with van der Waals surface area (Å²) in [6.45, 7) is 2.17. The number of ketones is 1. The van der Waals surface area contributed by atoms with Crippen molar-refractivity contribution in [1.29, 1.82) is 10.5 Å². The van der Waals surface area contributed by atoms with Gasteiger partial charge in [0.25, 0.3) is 0 Å². The molecule has 15 heavy (non-hydrogen) atoms. The van der Waals surface area contributed by atoms with Crippen LogP contribution in [0, 0.1) is 40.4 Å². The maximum absolute atomic E-state index is 11.7. The first-order valence-electron chi connectivity index (χ1n) is 5.55. The molecule has 0 unspecified atom stereocenters. The summed E-state index contributed by atoms with van der Waals surface area (Å²) in [5, 5.41) is 17.3. The van der Waals surface area contributed by atoms with Gasteiger partial charge in [0, 0.05) is 5.92 Å². The number of carbonyl (C=O) groups excluding carboxylic acids is 1. The van der Waals surface area contributed by atoms with Gasteiger partial charge in [0.05, 0.1) is 12.1 Å². The molecule has 1 aliphatic carbocycles. The lowest BCUT2D eigenvalue weighted by atomic mass is 9.77. The fraction of sp³-hybridized carbons (Fsp3) is 0.750. The first-order chi connectivity index (χ1) is 7.22. The third-order valence-electron chi connectivity index (χ3n) is 3.37. The number of Topliss-reactive ketones (excluding diaryl/α,β-unsaturated/α-hetero) is 1. The minimum Gasteiger partial charge on any atom is -0.297 e. The molecule has 0 aromatic heterocycles. The monoisotopic (exact) mass is 204 g/mol. The third kappa shape index (κ3) is 2.80. The lowest BCUT2D eigenvalue weighted by Gasteiger charge is -2.26. The van der Waals surface area contributed by atoms with Gasteiger partial charge in [0.1, 0.15) is 0 Å². The van der Waals surface area contributed by atoms with Crippen molar-refractivity contribution in [3.63, 3.8) is 0 Å². The highest BCUT2D eigenvalue weighted by Crippen LogP contribution is 2.32. The van der Waals surface area contributed by atoms with Crippen LogP contribution in [0.5, 0.6) is 0 Å². The number of nitrogens with zero attached hydrogens (tertiary/aromatic N) is 2. The van der Waals surface area contributed by atoms with Gasteiger partial charge in [-0.15, -0.1) is 0 Å². The Morgan fingerprint density at radius 1 is 1.27 bits per heavy atom. The molecule has 1 saturated carbocycles. The topological polar surface area (TPSA) is 64.7 Å². The molecule has 0 bridgehead atoms. The van der Waals surface area contributed by atoms with Crippen LogP contribution in [-0.4, -0.2) is 5.78 Å². The summed E-state index contributed by atoms with van der Waals surface area (Å²) in [6.07, 6.45) is 5.02. The largest absolute Gasteiger partial charge is 0.297 e. The zero-order valence-electron chi connectivity index (χ0n) is 9.07. The molecular weight excluding hydrogens is 188 g/mol. The summed E-state index contributed by atoms with van der Waals surface area (Å²) in [6, 6.07) is 3.53. The number of carbonyl (C=O) groups is 1. The van der Waals surface area contributed by atoms with E-state index in [0.717, 1.165) is 31.6 Å². The van der Waals surface area contributed by atoms with Crippen LogP contribution in [0.1, 0.15) is 39.0 Å². The average Bonchev–Trinajstić information content (AvgIpc) is 2.30. The second kappa shape index (κ2) is 5.51. The van der Waals surface area contributed by atoms with Crippen LogP contribution >= 0.6 is 0 Å². The van der Waals surface area contributed by atoms with Gasteiger partial charge in [-0.3, -0.25) is 4.79 Å². The second-order valence-corrected chi connectivity index (χ2v) is 4.22. The zero-order valence-corrected chi connectivity index (χ0v) is 9.07. The van der Waals surface area contributed by atoms with Gasteiger partial charge in [-0.2, -0.15) is 10.5 Å².